The molecule has 7 nitrogen and oxygen atoms in total. The molecule has 34 heavy (non-hydrogen) atoms. The Morgan fingerprint density at radius 2 is 2.03 bits per heavy atom. The Bertz CT molecular complexity index is 1340. The maximum Gasteiger partial charge on any atom is 0.228 e. The van der Waals surface area contributed by atoms with Crippen LogP contribution in [0, 0.1) is 25.7 Å². The maximum atomic E-state index is 12.8. The van der Waals surface area contributed by atoms with E-state index in [2.05, 4.69) is 52.6 Å². The molecule has 1 aliphatic carbocycles. The highest BCUT2D eigenvalue weighted by molar-refractivity contribution is 7.16. The van der Waals surface area contributed by atoms with E-state index in [-0.39, 0.29) is 17.9 Å². The van der Waals surface area contributed by atoms with Crippen LogP contribution in [0.5, 0.6) is 0 Å². The van der Waals surface area contributed by atoms with E-state index in [1.165, 1.54) is 10.4 Å². The van der Waals surface area contributed by atoms with Crippen molar-refractivity contribution in [2.24, 2.45) is 11.8 Å². The number of nitrogens with zero attached hydrogens (tertiary/aromatic N) is 3. The molecule has 3 heterocycles. The van der Waals surface area contributed by atoms with Crippen molar-refractivity contribution in [3.8, 4) is 11.4 Å². The Morgan fingerprint density at radius 3 is 2.76 bits per heavy atom. The van der Waals surface area contributed by atoms with Crippen LogP contribution in [-0.2, 0) is 11.2 Å². The van der Waals surface area contributed by atoms with E-state index in [0.29, 0.717) is 17.6 Å². The lowest BCUT2D eigenvalue weighted by Crippen LogP contribution is -2.42. The minimum absolute atomic E-state index is 0.0151. The summed E-state index contributed by atoms with van der Waals surface area (Å²) in [6.45, 7) is 8.34. The third-order valence-electron chi connectivity index (χ3n) is 6.26. The highest BCUT2D eigenvalue weighted by Crippen LogP contribution is 2.35. The average molecular weight is 476 g/mol. The van der Waals surface area contributed by atoms with E-state index in [9.17, 15) is 4.79 Å². The van der Waals surface area contributed by atoms with Crippen molar-refractivity contribution in [2.45, 2.75) is 53.0 Å². The first kappa shape index (κ1) is 22.5. The Hall–Kier alpha value is -3.26. The Balaban J connectivity index is 1.23. The summed E-state index contributed by atoms with van der Waals surface area (Å²) in [6.07, 6.45) is 4.43. The topological polar surface area (TPSA) is 92.9 Å². The number of hydrogen-bond donors (Lipinski definition) is 2. The quantitative estimate of drug-likeness (QED) is 0.341. The summed E-state index contributed by atoms with van der Waals surface area (Å²) in [5, 5.41) is 13.7. The summed E-state index contributed by atoms with van der Waals surface area (Å²) in [7, 11) is 0. The van der Waals surface area contributed by atoms with Gasteiger partial charge in [0.25, 0.3) is 0 Å². The van der Waals surface area contributed by atoms with Gasteiger partial charge < -0.3 is 15.2 Å². The van der Waals surface area contributed by atoms with Gasteiger partial charge in [0, 0.05) is 40.9 Å². The molecule has 0 bridgehead atoms. The molecule has 0 aliphatic heterocycles. The third-order valence-corrected chi connectivity index (χ3v) is 7.44. The zero-order valence-corrected chi connectivity index (χ0v) is 20.7. The molecular formula is C26H29N5O2S. The van der Waals surface area contributed by atoms with Crippen molar-refractivity contribution in [1.82, 2.24) is 15.1 Å². The number of thiophene rings is 1. The van der Waals surface area contributed by atoms with Gasteiger partial charge >= 0.3 is 0 Å². The minimum Gasteiger partial charge on any atom is -0.367 e. The maximum absolute atomic E-state index is 12.8. The largest absolute Gasteiger partial charge is 0.367 e. The van der Waals surface area contributed by atoms with Crippen LogP contribution >= 0.6 is 11.3 Å². The van der Waals surface area contributed by atoms with E-state index in [1.54, 1.807) is 24.5 Å². The van der Waals surface area contributed by atoms with E-state index < -0.39 is 0 Å². The van der Waals surface area contributed by atoms with Gasteiger partial charge in [-0.2, -0.15) is 4.98 Å². The zero-order valence-electron chi connectivity index (χ0n) is 19.9. The Kier molecular flexibility index (Phi) is 6.08. The second-order valence-corrected chi connectivity index (χ2v) is 10.7. The number of pyridine rings is 1. The van der Waals surface area contributed by atoms with Gasteiger partial charge in [-0.3, -0.25) is 4.79 Å². The van der Waals surface area contributed by atoms with Crippen LogP contribution in [0.4, 0.5) is 10.8 Å². The van der Waals surface area contributed by atoms with E-state index >= 15 is 0 Å². The monoisotopic (exact) mass is 475 g/mol. The van der Waals surface area contributed by atoms with Crippen molar-refractivity contribution >= 4 is 38.8 Å². The molecule has 4 aromatic rings. The van der Waals surface area contributed by atoms with Gasteiger partial charge in [-0.25, -0.2) is 4.98 Å². The van der Waals surface area contributed by atoms with Gasteiger partial charge in [-0.05, 0) is 61.3 Å². The third kappa shape index (κ3) is 4.68. The van der Waals surface area contributed by atoms with Crippen LogP contribution in [0.1, 0.15) is 43.0 Å². The predicted molar refractivity (Wildman–Crippen MR) is 136 cm³/mol. The summed E-state index contributed by atoms with van der Waals surface area (Å²) in [5.74, 6) is 2.64. The molecule has 0 spiro atoms. The van der Waals surface area contributed by atoms with Crippen molar-refractivity contribution in [3.05, 3.63) is 52.9 Å². The highest BCUT2D eigenvalue weighted by atomic mass is 32.1. The smallest absolute Gasteiger partial charge is 0.228 e. The molecule has 1 aliphatic rings. The molecule has 1 saturated carbocycles. The molecular weight excluding hydrogens is 446 g/mol. The number of rotatable bonds is 7. The van der Waals surface area contributed by atoms with Crippen LogP contribution in [0.15, 0.2) is 41.1 Å². The number of carbonyl (C=O) groups excluding carboxylic acids is 1. The number of amides is 1. The van der Waals surface area contributed by atoms with Crippen LogP contribution in [-0.4, -0.2) is 27.1 Å². The van der Waals surface area contributed by atoms with Crippen molar-refractivity contribution in [3.63, 3.8) is 0 Å². The minimum atomic E-state index is 0.0151. The first-order valence-corrected chi connectivity index (χ1v) is 12.5. The van der Waals surface area contributed by atoms with Gasteiger partial charge in [-0.15, -0.1) is 11.3 Å². The lowest BCUT2D eigenvalue weighted by molar-refractivity contribution is -0.122. The summed E-state index contributed by atoms with van der Waals surface area (Å²) in [5.41, 5.74) is 2.15. The fourth-order valence-electron chi connectivity index (χ4n) is 4.36. The zero-order chi connectivity index (χ0) is 23.8. The molecule has 0 saturated heterocycles. The second kappa shape index (κ2) is 9.18. The van der Waals surface area contributed by atoms with Crippen molar-refractivity contribution in [2.75, 3.05) is 10.6 Å². The van der Waals surface area contributed by atoms with Crippen molar-refractivity contribution in [1.29, 1.82) is 0 Å². The number of carbonyl (C=O) groups is 1. The predicted octanol–water partition coefficient (Wildman–Crippen LogP) is 5.99. The van der Waals surface area contributed by atoms with Crippen LogP contribution in [0.25, 0.3) is 22.2 Å². The van der Waals surface area contributed by atoms with E-state index in [4.69, 9.17) is 4.52 Å². The second-order valence-electron chi connectivity index (χ2n) is 9.55. The van der Waals surface area contributed by atoms with Crippen molar-refractivity contribution < 1.29 is 9.32 Å². The average Bonchev–Trinajstić information content (AvgIpc) is 3.34. The standard InChI is InChI=1S/C26H29N5O2S/c1-14(2)9-22-15(3)10-23(34-22)30-26(32)19-11-20(12-19)29-25-21-13-18(24-28-16(4)33-31-24)6-5-17(21)7-8-27-25/h5-8,10,13-14,19-20H,9,11-12H2,1-4H3,(H,27,29)(H,30,32). The van der Waals surface area contributed by atoms with Crippen LogP contribution < -0.4 is 10.6 Å². The molecule has 8 heteroatoms. The first-order valence-electron chi connectivity index (χ1n) is 11.7. The number of aromatic nitrogens is 3. The SMILES string of the molecule is Cc1nc(-c2ccc3ccnc(NC4CC(C(=O)Nc5cc(C)c(CC(C)C)s5)C4)c3c2)no1. The summed E-state index contributed by atoms with van der Waals surface area (Å²) in [4.78, 5) is 23.0. The number of nitrogens with one attached hydrogen (secondary N) is 2. The molecule has 0 radical (unpaired) electrons. The van der Waals surface area contributed by atoms with Crippen LogP contribution in [0.3, 0.4) is 0 Å². The van der Waals surface area contributed by atoms with E-state index in [0.717, 1.165) is 46.4 Å². The van der Waals surface area contributed by atoms with Gasteiger partial charge in [0.15, 0.2) is 0 Å². The molecule has 1 fully saturated rings. The number of aryl methyl sites for hydroxylation is 2. The first-order chi connectivity index (χ1) is 16.4. The van der Waals surface area contributed by atoms with Gasteiger partial charge in [-0.1, -0.05) is 31.1 Å². The number of fused-ring (bicyclic) bond motifs is 1. The molecule has 0 atom stereocenters. The fourth-order valence-corrected chi connectivity index (χ4v) is 5.65. The van der Waals surface area contributed by atoms with E-state index in [1.807, 2.05) is 24.3 Å². The summed E-state index contributed by atoms with van der Waals surface area (Å²) < 4.78 is 5.12. The molecule has 1 aromatic carbocycles. The number of hydrogen-bond acceptors (Lipinski definition) is 7. The normalized spacial score (nSPS) is 17.7. The summed E-state index contributed by atoms with van der Waals surface area (Å²) >= 11 is 1.70. The lowest BCUT2D eigenvalue weighted by atomic mass is 9.79. The number of benzene rings is 1. The molecule has 0 unspecified atom stereocenters. The fraction of sp³-hybridized carbons (Fsp3) is 0.385. The molecule has 176 valence electrons. The number of anilines is 2. The van der Waals surface area contributed by atoms with Crippen LogP contribution in [0.2, 0.25) is 0 Å². The van der Waals surface area contributed by atoms with Gasteiger partial charge in [0.05, 0.1) is 5.00 Å². The molecule has 1 amide bonds. The summed E-state index contributed by atoms with van der Waals surface area (Å²) in [6, 6.07) is 10.4. The van der Waals surface area contributed by atoms with Gasteiger partial charge in [0.2, 0.25) is 17.6 Å². The molecule has 3 aromatic heterocycles. The van der Waals surface area contributed by atoms with Gasteiger partial charge in [0.1, 0.15) is 5.82 Å². The highest BCUT2D eigenvalue weighted by Gasteiger charge is 2.35. The lowest BCUT2D eigenvalue weighted by Gasteiger charge is -2.35. The Labute approximate surface area is 203 Å². The molecule has 5 rings (SSSR count). The Morgan fingerprint density at radius 1 is 1.21 bits per heavy atom. The molecule has 2 N–H and O–H groups in total.